The second kappa shape index (κ2) is 36.7. The zero-order chi connectivity index (χ0) is 96.7. The molecule has 32 atom stereocenters. The Morgan fingerprint density at radius 3 is 1.02 bits per heavy atom. The molecular weight excluding hydrogens is 1810 g/mol. The van der Waals surface area contributed by atoms with Crippen LogP contribution in [0.3, 0.4) is 0 Å². The molecule has 0 saturated heterocycles. The summed E-state index contributed by atoms with van der Waals surface area (Å²) in [6.45, 7) is 28.4. The van der Waals surface area contributed by atoms with E-state index < -0.39 is 22.4 Å². The van der Waals surface area contributed by atoms with Gasteiger partial charge in [-0.2, -0.15) is 30.4 Å². The van der Waals surface area contributed by atoms with E-state index in [0.717, 1.165) is 176 Å². The monoisotopic (exact) mass is 1970 g/mol. The van der Waals surface area contributed by atoms with Crippen LogP contribution in [0.5, 0.6) is 0 Å². The number of alkyl halides is 1. The summed E-state index contributed by atoms with van der Waals surface area (Å²) in [5.74, 6) is 11.4. The first-order valence-corrected chi connectivity index (χ1v) is 54.5. The van der Waals surface area contributed by atoms with Crippen LogP contribution in [-0.2, 0) is 38.8 Å². The molecule has 752 valence electrons. The highest BCUT2D eigenvalue weighted by molar-refractivity contribution is 9.09. The lowest BCUT2D eigenvalue weighted by molar-refractivity contribution is -0.151. The van der Waals surface area contributed by atoms with Gasteiger partial charge in [0.05, 0.1) is 38.8 Å². The molecule has 24 rings (SSSR count). The van der Waals surface area contributed by atoms with Crippen LogP contribution in [-0.4, -0.2) is 132 Å². The summed E-state index contributed by atoms with van der Waals surface area (Å²) in [4.78, 5) is 54.8. The number of aromatic nitrogens is 12. The Hall–Kier alpha value is -6.80. The van der Waals surface area contributed by atoms with E-state index >= 15 is 0 Å². The van der Waals surface area contributed by atoms with Gasteiger partial charge in [-0.05, 0) is 445 Å². The van der Waals surface area contributed by atoms with E-state index in [1.54, 1.807) is 33.6 Å². The van der Waals surface area contributed by atoms with Crippen LogP contribution in [0.2, 0.25) is 0 Å². The highest BCUT2D eigenvalue weighted by Crippen LogP contribution is 2.74. The van der Waals surface area contributed by atoms with Crippen LogP contribution < -0.4 is 0 Å². The molecule has 4 aromatic heterocycles. The highest BCUT2D eigenvalue weighted by Gasteiger charge is 2.68. The van der Waals surface area contributed by atoms with Crippen LogP contribution in [0.15, 0.2) is 72.8 Å². The number of rotatable bonds is 11. The van der Waals surface area contributed by atoms with Crippen LogP contribution in [0.25, 0.3) is 44.1 Å². The van der Waals surface area contributed by atoms with E-state index in [9.17, 15) is 57.2 Å². The first-order valence-electron chi connectivity index (χ1n) is 53.4. The van der Waals surface area contributed by atoms with Crippen molar-refractivity contribution in [2.45, 2.75) is 364 Å². The van der Waals surface area contributed by atoms with Gasteiger partial charge in [-0.25, -0.2) is 26.9 Å². The maximum Gasteiger partial charge on any atom is 0.159 e. The Kier molecular flexibility index (Phi) is 26.6. The molecule has 20 nitrogen and oxygen atoms in total. The van der Waals surface area contributed by atoms with Gasteiger partial charge in [-0.15, -0.1) is 10.2 Å². The number of carbonyl (C=O) groups is 4. The molecule has 25 heteroatoms. The number of hydrogen-bond donors (Lipinski definition) is 5. The number of aliphatic hydroxyl groups is 4. The van der Waals surface area contributed by atoms with E-state index in [0.29, 0.717) is 131 Å². The molecule has 16 fully saturated rings. The van der Waals surface area contributed by atoms with E-state index in [-0.39, 0.29) is 113 Å². The lowest BCUT2D eigenvalue weighted by Crippen LogP contribution is -2.55. The minimum absolute atomic E-state index is 0. The Morgan fingerprint density at radius 2 is 0.630 bits per heavy atom. The lowest BCUT2D eigenvalue weighted by Gasteiger charge is -2.61. The van der Waals surface area contributed by atoms with Gasteiger partial charge in [-0.3, -0.25) is 19.2 Å². The fourth-order valence-electron chi connectivity index (χ4n) is 36.6. The number of ketones is 4. The predicted octanol–water partition coefficient (Wildman–Crippen LogP) is 23.7. The molecule has 0 amide bonds. The SMILES string of the molecule is C.C[C@@]1(O)CC[C@@]2(C)[C@H](CC[C@@H]3[C@@H]2CC[C@]2(C)[C@@H](C(=O)CBr)CC[C@@H]32)C1.C[C@@]1(O)CC[C@@]2(C)[C@H](CC[C@@H]3[C@@H]2CC[C@]2(C)[C@@H](C(=O)Cn4nc5ccc(F)cc5n4)CC[C@@H]32)C1.C[C@@]1(O)CC[C@@]2(C)[C@H](CC[C@@H]3[C@@H]2CC[C@]2(C)[C@@H](C(=O)Cn4nnc5cc(F)ccc54)CC[C@@H]32)C1.C[C@@]1(O)CC[C@@]2(C)[C@H](CC[C@@H]3[C@@H]2CC[C@]2(C)[C@@H](C(=O)Cn4nnc5ccc(F)cc54)CC[C@@H]32)C1.Fc1ccc2n[nH]nc2c1. The van der Waals surface area contributed by atoms with Gasteiger partial charge in [0.25, 0.3) is 0 Å². The summed E-state index contributed by atoms with van der Waals surface area (Å²) < 4.78 is 56.5. The maximum atomic E-state index is 13.8. The number of halogens is 5. The van der Waals surface area contributed by atoms with Gasteiger partial charge in [0, 0.05) is 47.9 Å². The van der Waals surface area contributed by atoms with Crippen LogP contribution >= 0.6 is 15.9 Å². The fourth-order valence-corrected chi connectivity index (χ4v) is 37.0. The molecule has 16 aliphatic carbocycles. The number of Topliss-reactive ketones (excluding diaryl/α,β-unsaturated/α-hetero) is 4. The van der Waals surface area contributed by atoms with Crippen molar-refractivity contribution in [1.82, 2.24) is 60.4 Å². The van der Waals surface area contributed by atoms with Gasteiger partial charge in [0.1, 0.15) is 81.8 Å². The topological polar surface area (TPSA) is 283 Å². The number of H-pyrrole nitrogens is 1. The molecular formula is C113H157BrF4N12O8. The number of carbonyl (C=O) groups excluding carboxylic acids is 4. The van der Waals surface area contributed by atoms with Gasteiger partial charge in [-0.1, -0.05) is 89.2 Å². The Balaban J connectivity index is 0.000000114. The number of benzene rings is 4. The molecule has 0 radical (unpaired) electrons. The van der Waals surface area contributed by atoms with Crippen molar-refractivity contribution >= 4 is 83.2 Å². The molecule has 16 aliphatic rings. The summed E-state index contributed by atoms with van der Waals surface area (Å²) in [5.41, 5.74) is 4.70. The molecule has 4 aromatic carbocycles. The minimum Gasteiger partial charge on any atom is -0.390 e. The molecule has 8 aromatic rings. The second-order valence-corrected chi connectivity index (χ2v) is 51.8. The minimum atomic E-state index is -0.500. The van der Waals surface area contributed by atoms with Gasteiger partial charge < -0.3 is 20.4 Å². The molecule has 0 aliphatic heterocycles. The Morgan fingerprint density at radius 1 is 0.326 bits per heavy atom. The van der Waals surface area contributed by atoms with Crippen molar-refractivity contribution in [3.63, 3.8) is 0 Å². The number of fused-ring (bicyclic) bond motifs is 24. The first-order chi connectivity index (χ1) is 64.9. The average Bonchev–Trinajstić information content (AvgIpc) is 1.31. The van der Waals surface area contributed by atoms with Crippen LogP contribution in [0, 0.1) is 185 Å². The van der Waals surface area contributed by atoms with E-state index in [1.807, 2.05) is 27.7 Å². The Bertz CT molecular complexity index is 5860. The van der Waals surface area contributed by atoms with Crippen molar-refractivity contribution in [2.24, 2.45) is 162 Å². The molecule has 0 bridgehead atoms. The lowest BCUT2D eigenvalue weighted by atomic mass is 9.44. The largest absolute Gasteiger partial charge is 0.390 e. The third kappa shape index (κ3) is 17.6. The summed E-state index contributed by atoms with van der Waals surface area (Å²) in [6.07, 6.45) is 40.4. The standard InChI is InChI=1S/3C28H38FN3O2.C22H35BrO2.C6H4FN3.CH4/c1-26(34)12-13-27(2)17(15-26)4-6-19-20-7-8-22(28(20,3)11-10-21(19)27)25(33)16-32-24-9-5-18(29)14-23(24)30-31-32;1-26(34)12-13-27(2)17(15-26)4-6-19-20-7-8-22(28(20,3)11-10-21(19)27)25(33)16-32-24-14-18(29)5-9-23(24)30-31-32;1-26(34)12-13-27(2)17(15-26)4-6-19-20-7-8-22(28(20,3)11-10-21(19)27)25(33)16-32-30-23-9-5-18(29)14-24(23)31-32;1-20(25)10-11-21(2)14(12-20)4-5-15-16-6-7-18(19(24)13-23)22(16,3)9-8-17(15)21;7-4-1-2-5-6(3-4)9-10-8-5;/h3*5,9,14,17,19-22,34H,4,6-8,10-13,15-16H2,1-3H3;14-18,25H,4-13H2,1-3H3;1-3H,(H,8,9,10);1H4/t3*17-,19+,20+,21+,22-,26-,27+,28+;14-,15+,16+,17+,18-,20-,21+,22+;;/m1111../s1. The number of aromatic amines is 1. The molecule has 4 heterocycles. The van der Waals surface area contributed by atoms with E-state index in [2.05, 4.69) is 118 Å². The third-order valence-corrected chi connectivity index (χ3v) is 44.6. The quantitative estimate of drug-likeness (QED) is 0.0594. The highest BCUT2D eigenvalue weighted by atomic mass is 79.9. The average molecular weight is 1970 g/mol. The second-order valence-electron chi connectivity index (χ2n) is 51.2. The van der Waals surface area contributed by atoms with Gasteiger partial charge >= 0.3 is 0 Å². The molecule has 138 heavy (non-hydrogen) atoms. The summed E-state index contributed by atoms with van der Waals surface area (Å²) in [5, 5.41) is 78.5. The zero-order valence-corrected chi connectivity index (χ0v) is 85.1. The molecule has 0 unspecified atom stereocenters. The molecule has 16 saturated carbocycles. The summed E-state index contributed by atoms with van der Waals surface area (Å²) in [7, 11) is 0. The smallest absolute Gasteiger partial charge is 0.159 e. The van der Waals surface area contributed by atoms with E-state index in [4.69, 9.17) is 0 Å². The number of nitrogens with one attached hydrogen (secondary N) is 1. The maximum absolute atomic E-state index is 13.8. The van der Waals surface area contributed by atoms with Crippen molar-refractivity contribution in [2.75, 3.05) is 5.33 Å². The van der Waals surface area contributed by atoms with Crippen molar-refractivity contribution < 1.29 is 57.2 Å². The summed E-state index contributed by atoms with van der Waals surface area (Å²) >= 11 is 3.43. The van der Waals surface area contributed by atoms with Crippen LogP contribution in [0.1, 0.15) is 322 Å². The van der Waals surface area contributed by atoms with Crippen molar-refractivity contribution in [1.29, 1.82) is 0 Å². The van der Waals surface area contributed by atoms with Crippen molar-refractivity contribution in [3.05, 3.63) is 96.1 Å². The van der Waals surface area contributed by atoms with Crippen molar-refractivity contribution in [3.8, 4) is 0 Å². The summed E-state index contributed by atoms with van der Waals surface area (Å²) in [6, 6.07) is 17.5. The zero-order valence-electron chi connectivity index (χ0n) is 83.5. The molecule has 0 spiro atoms. The molecule has 5 N–H and O–H groups in total. The normalized spacial score (nSPS) is 43.2. The third-order valence-electron chi connectivity index (χ3n) is 44.0. The van der Waals surface area contributed by atoms with Gasteiger partial charge in [0.2, 0.25) is 0 Å². The number of hydrogen-bond acceptors (Lipinski definition) is 16. The predicted molar refractivity (Wildman–Crippen MR) is 530 cm³/mol. The first kappa shape index (κ1) is 99.9. The van der Waals surface area contributed by atoms with Gasteiger partial charge in [0.15, 0.2) is 17.3 Å². The van der Waals surface area contributed by atoms with Crippen LogP contribution in [0.4, 0.5) is 17.6 Å². The fraction of sp³-hybridized carbons (Fsp3) is 0.752. The Labute approximate surface area is 822 Å². The van der Waals surface area contributed by atoms with E-state index in [1.165, 1.54) is 150 Å². The number of nitrogens with zero attached hydrogens (tertiary/aromatic N) is 11.